The number of ether oxygens (including phenoxy) is 1. The van der Waals surface area contributed by atoms with E-state index in [0.717, 1.165) is 32.1 Å². The topological polar surface area (TPSA) is 75.7 Å². The van der Waals surface area contributed by atoms with Gasteiger partial charge in [-0.15, -0.1) is 0 Å². The highest BCUT2D eigenvalue weighted by Crippen LogP contribution is 2.38. The molecular formula is C17H22N2O4S. The van der Waals surface area contributed by atoms with Crippen LogP contribution in [0.2, 0.25) is 0 Å². The van der Waals surface area contributed by atoms with Crippen molar-refractivity contribution in [1.82, 2.24) is 9.62 Å². The summed E-state index contributed by atoms with van der Waals surface area (Å²) in [7, 11) is -3.55. The Morgan fingerprint density at radius 2 is 2.08 bits per heavy atom. The Kier molecular flexibility index (Phi) is 3.89. The van der Waals surface area contributed by atoms with Gasteiger partial charge in [-0.3, -0.25) is 4.79 Å². The van der Waals surface area contributed by atoms with Gasteiger partial charge < -0.3 is 9.64 Å². The molecule has 130 valence electrons. The van der Waals surface area contributed by atoms with Gasteiger partial charge in [-0.05, 0) is 50.3 Å². The van der Waals surface area contributed by atoms with E-state index in [0.29, 0.717) is 25.3 Å². The lowest BCUT2D eigenvalue weighted by Gasteiger charge is -2.48. The van der Waals surface area contributed by atoms with Gasteiger partial charge in [0.2, 0.25) is 10.0 Å². The van der Waals surface area contributed by atoms with Gasteiger partial charge in [0.25, 0.3) is 5.91 Å². The van der Waals surface area contributed by atoms with Crippen LogP contribution in [0.4, 0.5) is 0 Å². The molecule has 1 aromatic carbocycles. The third-order valence-electron chi connectivity index (χ3n) is 5.09. The molecule has 4 rings (SSSR count). The molecule has 0 aromatic heterocycles. The van der Waals surface area contributed by atoms with E-state index in [4.69, 9.17) is 4.74 Å². The first kappa shape index (κ1) is 16.1. The van der Waals surface area contributed by atoms with Crippen LogP contribution in [-0.2, 0) is 14.8 Å². The Labute approximate surface area is 142 Å². The minimum absolute atomic E-state index is 0.0482. The molecule has 1 saturated heterocycles. The molecule has 1 aromatic rings. The van der Waals surface area contributed by atoms with Crippen LogP contribution in [0, 0.1) is 0 Å². The average molecular weight is 350 g/mol. The number of amides is 1. The Morgan fingerprint density at radius 1 is 1.29 bits per heavy atom. The summed E-state index contributed by atoms with van der Waals surface area (Å²) in [4.78, 5) is 14.7. The molecule has 0 bridgehead atoms. The smallest absolute Gasteiger partial charge is 0.254 e. The summed E-state index contributed by atoms with van der Waals surface area (Å²) in [5.74, 6) is -0.118. The molecule has 1 heterocycles. The number of hydrogen-bond donors (Lipinski definition) is 1. The highest BCUT2D eigenvalue weighted by atomic mass is 32.2. The molecule has 2 aliphatic carbocycles. The molecule has 24 heavy (non-hydrogen) atoms. The van der Waals surface area contributed by atoms with Crippen molar-refractivity contribution < 1.29 is 17.9 Å². The van der Waals surface area contributed by atoms with Crippen LogP contribution in [0.25, 0.3) is 0 Å². The fraction of sp³-hybridized carbons (Fsp3) is 0.588. The first-order valence-electron chi connectivity index (χ1n) is 8.53. The number of benzene rings is 1. The van der Waals surface area contributed by atoms with Crippen LogP contribution in [0.15, 0.2) is 29.2 Å². The molecule has 0 radical (unpaired) electrons. The summed E-state index contributed by atoms with van der Waals surface area (Å²) in [5.41, 5.74) is 0.260. The second-order valence-electron chi connectivity index (χ2n) is 7.04. The van der Waals surface area contributed by atoms with Gasteiger partial charge in [-0.1, -0.05) is 6.07 Å². The van der Waals surface area contributed by atoms with Crippen LogP contribution in [0.5, 0.6) is 0 Å². The van der Waals surface area contributed by atoms with E-state index < -0.39 is 10.0 Å². The zero-order valence-electron chi connectivity index (χ0n) is 13.5. The van der Waals surface area contributed by atoms with E-state index in [1.807, 2.05) is 0 Å². The molecule has 2 saturated carbocycles. The monoisotopic (exact) mass is 350 g/mol. The van der Waals surface area contributed by atoms with E-state index in [-0.39, 0.29) is 22.4 Å². The Balaban J connectivity index is 1.53. The Bertz CT molecular complexity index is 754. The maximum absolute atomic E-state index is 12.8. The lowest BCUT2D eigenvalue weighted by Crippen LogP contribution is -2.57. The zero-order valence-corrected chi connectivity index (χ0v) is 14.3. The van der Waals surface area contributed by atoms with Crippen LogP contribution >= 0.6 is 0 Å². The van der Waals surface area contributed by atoms with Crippen molar-refractivity contribution in [2.45, 2.75) is 48.6 Å². The summed E-state index contributed by atoms with van der Waals surface area (Å²) in [6.07, 6.45) is 4.90. The first-order valence-corrected chi connectivity index (χ1v) is 10.0. The molecule has 7 heteroatoms. The predicted molar refractivity (Wildman–Crippen MR) is 88.2 cm³/mol. The number of morpholine rings is 1. The molecule has 1 amide bonds. The highest BCUT2D eigenvalue weighted by Gasteiger charge is 2.43. The lowest BCUT2D eigenvalue weighted by atomic mass is 9.79. The summed E-state index contributed by atoms with van der Waals surface area (Å²) in [6, 6.07) is 6.38. The maximum Gasteiger partial charge on any atom is 0.254 e. The molecular weight excluding hydrogens is 328 g/mol. The van der Waals surface area contributed by atoms with E-state index in [1.54, 1.807) is 17.0 Å². The molecule has 0 atom stereocenters. The zero-order chi connectivity index (χ0) is 16.8. The number of nitrogens with one attached hydrogen (secondary N) is 1. The predicted octanol–water partition coefficient (Wildman–Crippen LogP) is 1.52. The molecule has 1 N–H and O–H groups in total. The normalized spacial score (nSPS) is 23.1. The molecule has 3 aliphatic rings. The van der Waals surface area contributed by atoms with Gasteiger partial charge >= 0.3 is 0 Å². The average Bonchev–Trinajstić information content (AvgIpc) is 3.36. The number of rotatable bonds is 4. The van der Waals surface area contributed by atoms with Gasteiger partial charge in [-0.2, -0.15) is 0 Å². The van der Waals surface area contributed by atoms with Crippen molar-refractivity contribution >= 4 is 15.9 Å². The maximum atomic E-state index is 12.8. The highest BCUT2D eigenvalue weighted by molar-refractivity contribution is 7.89. The van der Waals surface area contributed by atoms with E-state index in [2.05, 4.69) is 4.72 Å². The largest absolute Gasteiger partial charge is 0.371 e. The van der Waals surface area contributed by atoms with Gasteiger partial charge in [0.1, 0.15) is 0 Å². The van der Waals surface area contributed by atoms with Crippen molar-refractivity contribution in [3.8, 4) is 0 Å². The quantitative estimate of drug-likeness (QED) is 0.893. The van der Waals surface area contributed by atoms with E-state index in [1.165, 1.54) is 12.1 Å². The summed E-state index contributed by atoms with van der Waals surface area (Å²) >= 11 is 0. The van der Waals surface area contributed by atoms with Crippen LogP contribution in [-0.4, -0.2) is 50.6 Å². The summed E-state index contributed by atoms with van der Waals surface area (Å²) in [5, 5.41) is 0. The van der Waals surface area contributed by atoms with E-state index in [9.17, 15) is 13.2 Å². The van der Waals surface area contributed by atoms with Crippen LogP contribution in [0.3, 0.4) is 0 Å². The number of sulfonamides is 1. The van der Waals surface area contributed by atoms with Crippen molar-refractivity contribution in [3.05, 3.63) is 29.8 Å². The van der Waals surface area contributed by atoms with E-state index >= 15 is 0 Å². The Hall–Kier alpha value is -1.44. The van der Waals surface area contributed by atoms with Crippen molar-refractivity contribution in [2.24, 2.45) is 0 Å². The molecule has 3 fully saturated rings. The standard InChI is InChI=1S/C17H22N2O4S/c20-16(19-9-10-23-17(12-19)7-2-8-17)13-3-1-4-15(11-13)24(21,22)18-14-5-6-14/h1,3-4,11,14,18H,2,5-10,12H2. The second kappa shape index (κ2) is 5.82. The molecule has 0 unspecified atom stereocenters. The van der Waals surface area contributed by atoms with Crippen molar-refractivity contribution in [3.63, 3.8) is 0 Å². The van der Waals surface area contributed by atoms with Gasteiger partial charge in [-0.25, -0.2) is 13.1 Å². The fourth-order valence-corrected chi connectivity index (χ4v) is 4.71. The van der Waals surface area contributed by atoms with Crippen LogP contribution in [0.1, 0.15) is 42.5 Å². The summed E-state index contributed by atoms with van der Waals surface area (Å²) < 4.78 is 33.2. The molecule has 6 nitrogen and oxygen atoms in total. The minimum atomic E-state index is -3.55. The number of carbonyl (C=O) groups excluding carboxylic acids is 1. The number of nitrogens with zero attached hydrogens (tertiary/aromatic N) is 1. The Morgan fingerprint density at radius 3 is 2.75 bits per heavy atom. The molecule has 1 aliphatic heterocycles. The first-order chi connectivity index (χ1) is 11.5. The minimum Gasteiger partial charge on any atom is -0.371 e. The summed E-state index contributed by atoms with van der Waals surface area (Å²) in [6.45, 7) is 1.70. The van der Waals surface area contributed by atoms with Crippen LogP contribution < -0.4 is 4.72 Å². The lowest BCUT2D eigenvalue weighted by molar-refractivity contribution is -0.142. The fourth-order valence-electron chi connectivity index (χ4n) is 3.36. The molecule has 1 spiro atoms. The van der Waals surface area contributed by atoms with Crippen molar-refractivity contribution in [2.75, 3.05) is 19.7 Å². The third kappa shape index (κ3) is 3.08. The second-order valence-corrected chi connectivity index (χ2v) is 8.75. The number of carbonyl (C=O) groups is 1. The number of hydrogen-bond acceptors (Lipinski definition) is 4. The SMILES string of the molecule is O=C(c1cccc(S(=O)(=O)NC2CC2)c1)N1CCOC2(CCC2)C1. The third-order valence-corrected chi connectivity index (χ3v) is 6.61. The van der Waals surface area contributed by atoms with Gasteiger partial charge in [0.15, 0.2) is 0 Å². The van der Waals surface area contributed by atoms with Gasteiger partial charge in [0, 0.05) is 18.2 Å². The van der Waals surface area contributed by atoms with Crippen molar-refractivity contribution in [1.29, 1.82) is 0 Å². The van der Waals surface area contributed by atoms with Gasteiger partial charge in [0.05, 0.1) is 23.6 Å².